The average molecular weight is 468 g/mol. The summed E-state index contributed by atoms with van der Waals surface area (Å²) in [4.78, 5) is 31.4. The van der Waals surface area contributed by atoms with E-state index in [0.717, 1.165) is 45.5 Å². The number of hydrogen-bond donors (Lipinski definition) is 2. The highest BCUT2D eigenvalue weighted by atomic mass is 16.5. The van der Waals surface area contributed by atoms with Crippen LogP contribution in [-0.4, -0.2) is 41.9 Å². The van der Waals surface area contributed by atoms with E-state index in [4.69, 9.17) is 4.74 Å². The molecule has 0 radical (unpaired) electrons. The van der Waals surface area contributed by atoms with Crippen LogP contribution in [0.25, 0.3) is 22.2 Å². The molecule has 0 aliphatic carbocycles. The highest BCUT2D eigenvalue weighted by molar-refractivity contribution is 6.02. The molecule has 178 valence electrons. The third kappa shape index (κ3) is 4.16. The van der Waals surface area contributed by atoms with Crippen molar-refractivity contribution in [2.45, 2.75) is 25.8 Å². The molecule has 6 heteroatoms. The first-order chi connectivity index (χ1) is 17.1. The Morgan fingerprint density at radius 1 is 1.06 bits per heavy atom. The van der Waals surface area contributed by atoms with Crippen LogP contribution in [0.3, 0.4) is 0 Å². The van der Waals surface area contributed by atoms with E-state index in [2.05, 4.69) is 16.4 Å². The van der Waals surface area contributed by atoms with Crippen LogP contribution in [0, 0.1) is 0 Å². The van der Waals surface area contributed by atoms with Gasteiger partial charge in [-0.1, -0.05) is 55.5 Å². The van der Waals surface area contributed by atoms with Crippen molar-refractivity contribution in [2.24, 2.45) is 0 Å². The van der Waals surface area contributed by atoms with E-state index in [1.54, 1.807) is 7.11 Å². The van der Waals surface area contributed by atoms with Crippen LogP contribution in [0.2, 0.25) is 0 Å². The molecule has 0 fully saturated rings. The van der Waals surface area contributed by atoms with Crippen molar-refractivity contribution in [3.8, 4) is 17.0 Å². The Kier molecular flexibility index (Phi) is 6.27. The number of nitrogens with one attached hydrogen (secondary N) is 2. The van der Waals surface area contributed by atoms with Gasteiger partial charge in [-0.3, -0.25) is 9.59 Å². The lowest BCUT2D eigenvalue weighted by atomic mass is 9.93. The van der Waals surface area contributed by atoms with Crippen molar-refractivity contribution in [2.75, 3.05) is 20.2 Å². The fourth-order valence-electron chi connectivity index (χ4n) is 4.94. The minimum absolute atomic E-state index is 0.0405. The molecular weight excluding hydrogens is 438 g/mol. The van der Waals surface area contributed by atoms with Crippen molar-refractivity contribution < 1.29 is 14.3 Å². The Morgan fingerprint density at radius 3 is 2.69 bits per heavy atom. The van der Waals surface area contributed by atoms with Gasteiger partial charge in [0, 0.05) is 47.1 Å². The second kappa shape index (κ2) is 9.66. The number of rotatable bonds is 8. The number of fused-ring (bicyclic) bond motifs is 2. The monoisotopic (exact) mass is 467 g/mol. The fraction of sp³-hybridized carbons (Fsp3) is 0.241. The van der Waals surface area contributed by atoms with Crippen molar-refractivity contribution in [3.63, 3.8) is 0 Å². The van der Waals surface area contributed by atoms with Gasteiger partial charge in [0.25, 0.3) is 5.91 Å². The van der Waals surface area contributed by atoms with Gasteiger partial charge in [0.2, 0.25) is 5.91 Å². The van der Waals surface area contributed by atoms with Crippen LogP contribution >= 0.6 is 0 Å². The number of amides is 2. The molecule has 3 aromatic carbocycles. The lowest BCUT2D eigenvalue weighted by Crippen LogP contribution is -2.34. The van der Waals surface area contributed by atoms with Crippen molar-refractivity contribution in [1.29, 1.82) is 0 Å². The quantitative estimate of drug-likeness (QED) is 0.369. The van der Waals surface area contributed by atoms with Crippen molar-refractivity contribution >= 4 is 22.7 Å². The smallest absolute Gasteiger partial charge is 0.255 e. The number of para-hydroxylation sites is 1. The van der Waals surface area contributed by atoms with Gasteiger partial charge in [0.05, 0.1) is 18.8 Å². The number of H-pyrrole nitrogens is 1. The normalized spacial score (nSPS) is 14.9. The largest absolute Gasteiger partial charge is 0.497 e. The summed E-state index contributed by atoms with van der Waals surface area (Å²) in [7, 11) is 1.66. The van der Waals surface area contributed by atoms with E-state index in [-0.39, 0.29) is 24.3 Å². The molecule has 35 heavy (non-hydrogen) atoms. The minimum Gasteiger partial charge on any atom is -0.497 e. The van der Waals surface area contributed by atoms with Crippen LogP contribution in [0.15, 0.2) is 72.8 Å². The second-order valence-electron chi connectivity index (χ2n) is 8.78. The number of hydrogen-bond acceptors (Lipinski definition) is 3. The Balaban J connectivity index is 1.65. The summed E-state index contributed by atoms with van der Waals surface area (Å²) in [5.74, 6) is 0.677. The lowest BCUT2D eigenvalue weighted by Gasteiger charge is -2.26. The standard InChI is InChI=1S/C29H29N3O3/c1-3-16-30-25(33)15-17-32-28(21-11-4-5-12-22(21)29(32)34)26-23-13-6-7-14-24(23)31-27(26)19-9-8-10-20(18-19)35-2/h4-14,18,28,31H,3,15-17H2,1-2H3,(H,30,33)/t28-/m0/s1. The molecule has 6 nitrogen and oxygen atoms in total. The molecule has 2 heterocycles. The van der Waals surface area contributed by atoms with Crippen LogP contribution in [0.5, 0.6) is 5.75 Å². The Morgan fingerprint density at radius 2 is 1.86 bits per heavy atom. The molecule has 1 aliphatic heterocycles. The highest BCUT2D eigenvalue weighted by Gasteiger charge is 2.40. The van der Waals surface area contributed by atoms with Crippen LogP contribution < -0.4 is 10.1 Å². The topological polar surface area (TPSA) is 74.4 Å². The summed E-state index contributed by atoms with van der Waals surface area (Å²) in [6, 6.07) is 23.5. The number of benzene rings is 3. The maximum absolute atomic E-state index is 13.6. The van der Waals surface area contributed by atoms with E-state index in [1.807, 2.05) is 78.6 Å². The van der Waals surface area contributed by atoms with Gasteiger partial charge < -0.3 is 19.9 Å². The number of carbonyl (C=O) groups excluding carboxylic acids is 2. The second-order valence-corrected chi connectivity index (χ2v) is 8.78. The number of nitrogens with zero attached hydrogens (tertiary/aromatic N) is 1. The summed E-state index contributed by atoms with van der Waals surface area (Å²) >= 11 is 0. The van der Waals surface area contributed by atoms with E-state index in [0.29, 0.717) is 18.7 Å². The van der Waals surface area contributed by atoms with Gasteiger partial charge >= 0.3 is 0 Å². The molecule has 1 aromatic heterocycles. The molecule has 4 aromatic rings. The first-order valence-corrected chi connectivity index (χ1v) is 12.0. The molecule has 0 spiro atoms. The number of ether oxygens (including phenoxy) is 1. The molecule has 5 rings (SSSR count). The molecule has 0 saturated carbocycles. The average Bonchev–Trinajstić information content (AvgIpc) is 3.41. The number of aromatic nitrogens is 1. The molecular formula is C29H29N3O3. The summed E-state index contributed by atoms with van der Waals surface area (Å²) < 4.78 is 5.48. The fourth-order valence-corrected chi connectivity index (χ4v) is 4.94. The number of carbonyl (C=O) groups is 2. The summed E-state index contributed by atoms with van der Waals surface area (Å²) in [5, 5.41) is 3.98. The van der Waals surface area contributed by atoms with E-state index >= 15 is 0 Å². The molecule has 1 aliphatic rings. The predicted octanol–water partition coefficient (Wildman–Crippen LogP) is 5.31. The molecule has 2 amide bonds. The van der Waals surface area contributed by atoms with Crippen LogP contribution in [-0.2, 0) is 4.79 Å². The number of aromatic amines is 1. The van der Waals surface area contributed by atoms with Crippen LogP contribution in [0.1, 0.15) is 47.3 Å². The minimum atomic E-state index is -0.310. The van der Waals surface area contributed by atoms with Gasteiger partial charge in [-0.05, 0) is 36.2 Å². The van der Waals surface area contributed by atoms with Gasteiger partial charge in [0.1, 0.15) is 5.75 Å². The van der Waals surface area contributed by atoms with Gasteiger partial charge in [-0.2, -0.15) is 0 Å². The molecule has 0 unspecified atom stereocenters. The molecule has 2 N–H and O–H groups in total. The van der Waals surface area contributed by atoms with E-state index in [9.17, 15) is 9.59 Å². The Labute approximate surface area is 204 Å². The third-order valence-electron chi connectivity index (χ3n) is 6.59. The van der Waals surface area contributed by atoms with Crippen LogP contribution in [0.4, 0.5) is 0 Å². The Bertz CT molecular complexity index is 1390. The van der Waals surface area contributed by atoms with E-state index < -0.39 is 0 Å². The summed E-state index contributed by atoms with van der Waals surface area (Å²) in [6.45, 7) is 3.00. The van der Waals surface area contributed by atoms with Gasteiger partial charge in [-0.25, -0.2) is 0 Å². The first kappa shape index (κ1) is 22.7. The zero-order valence-corrected chi connectivity index (χ0v) is 20.0. The zero-order valence-electron chi connectivity index (χ0n) is 20.0. The lowest BCUT2D eigenvalue weighted by molar-refractivity contribution is -0.121. The zero-order chi connectivity index (χ0) is 24.4. The SMILES string of the molecule is CCCNC(=O)CCN1C(=O)c2ccccc2[C@H]1c1c(-c2cccc(OC)c2)[nH]c2ccccc12. The van der Waals surface area contributed by atoms with E-state index in [1.165, 1.54) is 0 Å². The molecule has 0 saturated heterocycles. The first-order valence-electron chi connectivity index (χ1n) is 12.0. The third-order valence-corrected chi connectivity index (χ3v) is 6.59. The predicted molar refractivity (Wildman–Crippen MR) is 138 cm³/mol. The molecule has 0 bridgehead atoms. The highest BCUT2D eigenvalue weighted by Crippen LogP contribution is 2.45. The summed E-state index contributed by atoms with van der Waals surface area (Å²) in [6.07, 6.45) is 1.13. The summed E-state index contributed by atoms with van der Waals surface area (Å²) in [5.41, 5.74) is 5.60. The van der Waals surface area contributed by atoms with Gasteiger partial charge in [-0.15, -0.1) is 0 Å². The maximum atomic E-state index is 13.6. The van der Waals surface area contributed by atoms with Gasteiger partial charge in [0.15, 0.2) is 0 Å². The van der Waals surface area contributed by atoms with Crippen molar-refractivity contribution in [1.82, 2.24) is 15.2 Å². The number of methoxy groups -OCH3 is 1. The maximum Gasteiger partial charge on any atom is 0.255 e. The Hall–Kier alpha value is -4.06. The van der Waals surface area contributed by atoms with Crippen molar-refractivity contribution in [3.05, 3.63) is 89.5 Å². The molecule has 1 atom stereocenters.